The van der Waals surface area contributed by atoms with E-state index in [9.17, 15) is 0 Å². The second-order valence-electron chi connectivity index (χ2n) is 9.45. The van der Waals surface area contributed by atoms with Gasteiger partial charge >= 0.3 is 0 Å². The number of nitrogens with zero attached hydrogens (tertiary/aromatic N) is 2. The molecule has 2 rings (SSSR count). The number of allylic oxidation sites excluding steroid dienone is 1. The highest BCUT2D eigenvalue weighted by Crippen LogP contribution is 2.38. The van der Waals surface area contributed by atoms with Crippen molar-refractivity contribution in [2.45, 2.75) is 86.0 Å². The van der Waals surface area contributed by atoms with E-state index < -0.39 is 0 Å². The van der Waals surface area contributed by atoms with Crippen LogP contribution >= 0.6 is 0 Å². The Morgan fingerprint density at radius 3 is 1.50 bits per heavy atom. The molecule has 2 heteroatoms. The molecule has 2 aromatic rings. The number of benzene rings is 2. The van der Waals surface area contributed by atoms with Gasteiger partial charge in [0.1, 0.15) is 0 Å². The van der Waals surface area contributed by atoms with E-state index in [4.69, 9.17) is 10.3 Å². The molecule has 0 heterocycles. The molecular weight excluding hydrogens is 364 g/mol. The van der Waals surface area contributed by atoms with Crippen LogP contribution in [-0.2, 0) is 0 Å². The molecule has 0 unspecified atom stereocenters. The fourth-order valence-electron chi connectivity index (χ4n) is 3.69. The van der Waals surface area contributed by atoms with E-state index >= 15 is 0 Å². The van der Waals surface area contributed by atoms with Crippen LogP contribution in [0.5, 0.6) is 0 Å². The summed E-state index contributed by atoms with van der Waals surface area (Å²) in [7, 11) is 0. The highest BCUT2D eigenvalue weighted by molar-refractivity contribution is 5.83. The van der Waals surface area contributed by atoms with Gasteiger partial charge in [0.2, 0.25) is 0 Å². The van der Waals surface area contributed by atoms with Crippen molar-refractivity contribution in [2.75, 3.05) is 0 Å². The lowest BCUT2D eigenvalue weighted by Crippen LogP contribution is -1.96. The average molecular weight is 404 g/mol. The van der Waals surface area contributed by atoms with Crippen molar-refractivity contribution in [1.29, 1.82) is 0 Å². The van der Waals surface area contributed by atoms with Crippen molar-refractivity contribution in [1.82, 2.24) is 0 Å². The van der Waals surface area contributed by atoms with Gasteiger partial charge in [-0.05, 0) is 41.7 Å². The van der Waals surface area contributed by atoms with Gasteiger partial charge in [-0.1, -0.05) is 108 Å². The summed E-state index contributed by atoms with van der Waals surface area (Å²) in [5, 5.41) is 4.92. The van der Waals surface area contributed by atoms with Crippen LogP contribution in [0.2, 0.25) is 0 Å². The van der Waals surface area contributed by atoms with Gasteiger partial charge in [0.25, 0.3) is 0 Å². The van der Waals surface area contributed by atoms with Crippen LogP contribution in [0.3, 0.4) is 0 Å². The summed E-state index contributed by atoms with van der Waals surface area (Å²) in [6.45, 7) is 19.9. The predicted molar refractivity (Wildman–Crippen MR) is 134 cm³/mol. The summed E-state index contributed by atoms with van der Waals surface area (Å²) in [6, 6.07) is 13.1. The van der Waals surface area contributed by atoms with Crippen LogP contribution in [0, 0.1) is 0 Å². The number of hydrogen-bond acceptors (Lipinski definition) is 1. The maximum atomic E-state index is 4.92. The molecule has 0 aliphatic heterocycles. The second-order valence-corrected chi connectivity index (χ2v) is 9.45. The molecule has 0 saturated heterocycles. The molecule has 30 heavy (non-hydrogen) atoms. The third-order valence-electron chi connectivity index (χ3n) is 5.48. The molecule has 2 aromatic carbocycles. The van der Waals surface area contributed by atoms with E-state index in [2.05, 4.69) is 98.7 Å². The summed E-state index contributed by atoms with van der Waals surface area (Å²) in [5.41, 5.74) is 8.48. The van der Waals surface area contributed by atoms with Crippen LogP contribution in [0.25, 0.3) is 5.32 Å². The van der Waals surface area contributed by atoms with Gasteiger partial charge in [-0.25, -0.2) is 0 Å². The van der Waals surface area contributed by atoms with E-state index in [0.717, 1.165) is 16.9 Å². The minimum Gasteiger partial charge on any atom is -0.663 e. The summed E-state index contributed by atoms with van der Waals surface area (Å²) in [5.74, 6) is 1.76. The first-order valence-corrected chi connectivity index (χ1v) is 11.3. The van der Waals surface area contributed by atoms with E-state index in [1.807, 2.05) is 12.4 Å². The molecule has 0 spiro atoms. The van der Waals surface area contributed by atoms with E-state index in [1.54, 1.807) is 0 Å². The van der Waals surface area contributed by atoms with Crippen LogP contribution in [0.15, 0.2) is 53.2 Å². The molecule has 0 amide bonds. The highest BCUT2D eigenvalue weighted by Gasteiger charge is 2.12. The summed E-state index contributed by atoms with van der Waals surface area (Å²) in [4.78, 5) is 4.92. The Morgan fingerprint density at radius 2 is 1.10 bits per heavy atom. The monoisotopic (exact) mass is 403 g/mol. The van der Waals surface area contributed by atoms with Crippen molar-refractivity contribution >= 4 is 17.6 Å². The lowest BCUT2D eigenvalue weighted by atomic mass is 9.92. The number of rotatable bonds is 8. The zero-order valence-corrected chi connectivity index (χ0v) is 20.3. The van der Waals surface area contributed by atoms with Crippen LogP contribution < -0.4 is 0 Å². The van der Waals surface area contributed by atoms with E-state index in [1.165, 1.54) is 22.3 Å². The van der Waals surface area contributed by atoms with E-state index in [0.29, 0.717) is 23.7 Å². The molecule has 0 bridgehead atoms. The number of aliphatic imine (C=N–C) groups is 1. The van der Waals surface area contributed by atoms with Crippen molar-refractivity contribution in [3.05, 3.63) is 75.7 Å². The van der Waals surface area contributed by atoms with Crippen LogP contribution in [0.4, 0.5) is 11.4 Å². The zero-order chi connectivity index (χ0) is 22.4. The first-order chi connectivity index (χ1) is 14.1. The van der Waals surface area contributed by atoms with Crippen LogP contribution in [-0.4, -0.2) is 6.21 Å². The lowest BCUT2D eigenvalue weighted by Gasteiger charge is -2.29. The topological polar surface area (TPSA) is 26.5 Å². The Kier molecular flexibility index (Phi) is 8.46. The minimum atomic E-state index is 0.441. The van der Waals surface area contributed by atoms with Gasteiger partial charge in [-0.2, -0.15) is 6.20 Å². The maximum absolute atomic E-state index is 4.92. The summed E-state index contributed by atoms with van der Waals surface area (Å²) in [6.07, 6.45) is 3.92. The standard InChI is InChI=1S/C28H39N2/c1-18(2)23-12-10-13-24(19(3)4)27(23)29-16-22(9)17-30-28-25(20(5)6)14-11-15-26(28)21(7)8/h10-21H,1-9H3/q-1/b22-16+,30-17?. The third kappa shape index (κ3) is 5.84. The van der Waals surface area contributed by atoms with Crippen molar-refractivity contribution in [3.8, 4) is 0 Å². The highest BCUT2D eigenvalue weighted by atomic mass is 14.9. The number of para-hydroxylation sites is 2. The first-order valence-electron chi connectivity index (χ1n) is 11.3. The molecule has 0 saturated carbocycles. The second kappa shape index (κ2) is 10.6. The molecule has 162 valence electrons. The molecule has 2 nitrogen and oxygen atoms in total. The number of hydrogen-bond donors (Lipinski definition) is 0. The van der Waals surface area contributed by atoms with Gasteiger partial charge in [0, 0.05) is 6.21 Å². The quantitative estimate of drug-likeness (QED) is 0.392. The van der Waals surface area contributed by atoms with Gasteiger partial charge in [-0.15, -0.1) is 5.69 Å². The fourth-order valence-corrected chi connectivity index (χ4v) is 3.69. The molecule has 0 aromatic heterocycles. The minimum absolute atomic E-state index is 0.441. The molecule has 0 radical (unpaired) electrons. The SMILES string of the molecule is C/C(C=Nc1c(C(C)C)cccc1C(C)C)=C\[N-]c1c(C(C)C)cccc1C(C)C. The molecule has 0 fully saturated rings. The van der Waals surface area contributed by atoms with Gasteiger partial charge in [0.05, 0.1) is 5.69 Å². The van der Waals surface area contributed by atoms with Crippen molar-refractivity contribution in [2.24, 2.45) is 4.99 Å². The normalized spacial score (nSPS) is 12.8. The molecule has 0 aliphatic carbocycles. The predicted octanol–water partition coefficient (Wildman–Crippen LogP) is 9.49. The Labute approximate surface area is 184 Å². The fraction of sp³-hybridized carbons (Fsp3) is 0.464. The maximum Gasteiger partial charge on any atom is 0.0698 e. The van der Waals surface area contributed by atoms with Crippen LogP contribution in [0.1, 0.15) is 108 Å². The lowest BCUT2D eigenvalue weighted by molar-refractivity contribution is 0.835. The average Bonchev–Trinajstić information content (AvgIpc) is 2.69. The van der Waals surface area contributed by atoms with Crippen molar-refractivity contribution < 1.29 is 0 Å². The Balaban J connectivity index is 2.37. The Bertz CT molecular complexity index is 846. The van der Waals surface area contributed by atoms with Gasteiger partial charge in [-0.3, -0.25) is 4.99 Å². The van der Waals surface area contributed by atoms with Gasteiger partial charge in [0.15, 0.2) is 0 Å². The zero-order valence-electron chi connectivity index (χ0n) is 20.3. The molecule has 0 aliphatic rings. The molecule has 0 atom stereocenters. The third-order valence-corrected chi connectivity index (χ3v) is 5.48. The van der Waals surface area contributed by atoms with Crippen molar-refractivity contribution in [3.63, 3.8) is 0 Å². The van der Waals surface area contributed by atoms with E-state index in [-0.39, 0.29) is 0 Å². The Morgan fingerprint density at radius 1 is 0.700 bits per heavy atom. The first kappa shape index (κ1) is 23.9. The summed E-state index contributed by atoms with van der Waals surface area (Å²) < 4.78 is 0. The molecule has 0 N–H and O–H groups in total. The largest absolute Gasteiger partial charge is 0.663 e. The summed E-state index contributed by atoms with van der Waals surface area (Å²) >= 11 is 0. The van der Waals surface area contributed by atoms with Gasteiger partial charge < -0.3 is 5.32 Å². The smallest absolute Gasteiger partial charge is 0.0698 e. The molecular formula is C28H39N2-. The Hall–Kier alpha value is -2.35.